The SMILES string of the molecule is Cc1ccc(C(=O)Nc2ccc(OCCc3cccc(NC(=O)O)n3)cc2)c(N(C)C)n1. The molecule has 0 bridgehead atoms. The van der Waals surface area contributed by atoms with Crippen molar-refractivity contribution in [1.82, 2.24) is 9.97 Å². The largest absolute Gasteiger partial charge is 0.493 e. The van der Waals surface area contributed by atoms with Gasteiger partial charge in [0.2, 0.25) is 0 Å². The molecule has 3 aromatic rings. The molecule has 166 valence electrons. The summed E-state index contributed by atoms with van der Waals surface area (Å²) in [6.45, 7) is 2.25. The van der Waals surface area contributed by atoms with Gasteiger partial charge in [-0.05, 0) is 55.5 Å². The Morgan fingerprint density at radius 1 is 1.00 bits per heavy atom. The molecule has 0 fully saturated rings. The highest BCUT2D eigenvalue weighted by molar-refractivity contribution is 6.07. The zero-order chi connectivity index (χ0) is 23.1. The van der Waals surface area contributed by atoms with Crippen molar-refractivity contribution >= 4 is 29.3 Å². The molecular weight excluding hydrogens is 410 g/mol. The van der Waals surface area contributed by atoms with Gasteiger partial charge in [0.25, 0.3) is 5.91 Å². The molecule has 9 nitrogen and oxygen atoms in total. The van der Waals surface area contributed by atoms with E-state index in [4.69, 9.17) is 9.84 Å². The van der Waals surface area contributed by atoms with Gasteiger partial charge < -0.3 is 20.1 Å². The van der Waals surface area contributed by atoms with E-state index in [1.54, 1.807) is 59.5 Å². The Balaban J connectivity index is 1.56. The van der Waals surface area contributed by atoms with Crippen LogP contribution in [0.2, 0.25) is 0 Å². The van der Waals surface area contributed by atoms with Crippen molar-refractivity contribution in [3.8, 4) is 5.75 Å². The lowest BCUT2D eigenvalue weighted by Gasteiger charge is -2.16. The van der Waals surface area contributed by atoms with E-state index in [2.05, 4.69) is 20.6 Å². The molecule has 2 aromatic heterocycles. The van der Waals surface area contributed by atoms with Crippen molar-refractivity contribution in [2.24, 2.45) is 0 Å². The molecule has 0 atom stereocenters. The number of carboxylic acid groups (broad SMARTS) is 1. The van der Waals surface area contributed by atoms with Crippen LogP contribution < -0.4 is 20.3 Å². The molecule has 9 heteroatoms. The number of nitrogens with one attached hydrogen (secondary N) is 2. The first-order valence-electron chi connectivity index (χ1n) is 9.97. The first-order valence-corrected chi connectivity index (χ1v) is 9.97. The van der Waals surface area contributed by atoms with E-state index in [0.29, 0.717) is 41.5 Å². The average molecular weight is 435 g/mol. The van der Waals surface area contributed by atoms with Crippen molar-refractivity contribution in [2.45, 2.75) is 13.3 Å². The maximum atomic E-state index is 12.7. The number of nitrogens with zero attached hydrogens (tertiary/aromatic N) is 3. The summed E-state index contributed by atoms with van der Waals surface area (Å²) in [5, 5.41) is 13.9. The number of pyridine rings is 2. The summed E-state index contributed by atoms with van der Waals surface area (Å²) < 4.78 is 5.73. The number of hydrogen-bond acceptors (Lipinski definition) is 6. The van der Waals surface area contributed by atoms with Gasteiger partial charge in [0.05, 0.1) is 12.2 Å². The number of amides is 2. The fraction of sp³-hybridized carbons (Fsp3) is 0.217. The third kappa shape index (κ3) is 6.18. The molecular formula is C23H25N5O4. The molecule has 0 saturated carbocycles. The standard InChI is InChI=1S/C23H25N5O4/c1-15-7-12-19(21(24-15)28(2)3)22(29)26-17-8-10-18(11-9-17)32-14-13-16-5-4-6-20(25-16)27-23(30)31/h4-12H,13-14H2,1-3H3,(H,25,27)(H,26,29)(H,30,31). The van der Waals surface area contributed by atoms with Crippen LogP contribution in [-0.4, -0.2) is 47.8 Å². The molecule has 0 radical (unpaired) electrons. The lowest BCUT2D eigenvalue weighted by atomic mass is 10.2. The Labute approximate surface area is 186 Å². The highest BCUT2D eigenvalue weighted by atomic mass is 16.5. The molecule has 0 aliphatic heterocycles. The van der Waals surface area contributed by atoms with Crippen molar-refractivity contribution in [1.29, 1.82) is 0 Å². The Morgan fingerprint density at radius 3 is 2.44 bits per heavy atom. The smallest absolute Gasteiger partial charge is 0.410 e. The van der Waals surface area contributed by atoms with Crippen LogP contribution in [0.25, 0.3) is 0 Å². The molecule has 2 heterocycles. The lowest BCUT2D eigenvalue weighted by Crippen LogP contribution is -2.20. The number of carbonyl (C=O) groups is 2. The van der Waals surface area contributed by atoms with Gasteiger partial charge >= 0.3 is 6.09 Å². The van der Waals surface area contributed by atoms with Gasteiger partial charge in [-0.25, -0.2) is 14.8 Å². The van der Waals surface area contributed by atoms with Crippen LogP contribution in [0, 0.1) is 6.92 Å². The number of aromatic nitrogens is 2. The van der Waals surface area contributed by atoms with Crippen LogP contribution in [0.1, 0.15) is 21.7 Å². The fourth-order valence-corrected chi connectivity index (χ4v) is 2.97. The number of hydrogen-bond donors (Lipinski definition) is 3. The highest BCUT2D eigenvalue weighted by Crippen LogP contribution is 2.20. The minimum Gasteiger partial charge on any atom is -0.493 e. The maximum Gasteiger partial charge on any atom is 0.410 e. The molecule has 2 amide bonds. The number of rotatable bonds is 8. The second-order valence-corrected chi connectivity index (χ2v) is 7.24. The second-order valence-electron chi connectivity index (χ2n) is 7.24. The van der Waals surface area contributed by atoms with Crippen LogP contribution in [-0.2, 0) is 6.42 Å². The third-order valence-electron chi connectivity index (χ3n) is 4.46. The van der Waals surface area contributed by atoms with E-state index < -0.39 is 6.09 Å². The molecule has 0 unspecified atom stereocenters. The summed E-state index contributed by atoms with van der Waals surface area (Å²) in [5.74, 6) is 1.29. The summed E-state index contributed by atoms with van der Waals surface area (Å²) >= 11 is 0. The molecule has 0 aliphatic carbocycles. The summed E-state index contributed by atoms with van der Waals surface area (Å²) in [6.07, 6.45) is -0.642. The van der Waals surface area contributed by atoms with Crippen LogP contribution in [0.3, 0.4) is 0 Å². The predicted octanol–water partition coefficient (Wildman–Crippen LogP) is 3.81. The van der Waals surface area contributed by atoms with Gasteiger partial charge in [0.1, 0.15) is 17.4 Å². The number of carbonyl (C=O) groups excluding carboxylic acids is 1. The zero-order valence-electron chi connectivity index (χ0n) is 18.1. The van der Waals surface area contributed by atoms with Gasteiger partial charge in [-0.1, -0.05) is 6.07 Å². The Morgan fingerprint density at radius 2 is 1.75 bits per heavy atom. The zero-order valence-corrected chi connectivity index (χ0v) is 18.1. The van der Waals surface area contributed by atoms with Gasteiger partial charge in [0.15, 0.2) is 0 Å². The topological polar surface area (TPSA) is 117 Å². The first-order chi connectivity index (χ1) is 15.3. The van der Waals surface area contributed by atoms with E-state index in [-0.39, 0.29) is 11.7 Å². The van der Waals surface area contributed by atoms with Crippen molar-refractivity contribution in [2.75, 3.05) is 36.2 Å². The number of anilines is 3. The van der Waals surface area contributed by atoms with Gasteiger partial charge in [-0.15, -0.1) is 0 Å². The second kappa shape index (κ2) is 10.3. The molecule has 1 aromatic carbocycles. The van der Waals surface area contributed by atoms with E-state index in [9.17, 15) is 9.59 Å². The molecule has 3 N–H and O–H groups in total. The molecule has 3 rings (SSSR count). The first kappa shape index (κ1) is 22.5. The fourth-order valence-electron chi connectivity index (χ4n) is 2.97. The summed E-state index contributed by atoms with van der Waals surface area (Å²) in [5.41, 5.74) is 2.69. The van der Waals surface area contributed by atoms with Gasteiger partial charge in [0, 0.05) is 37.6 Å². The lowest BCUT2D eigenvalue weighted by molar-refractivity contribution is 0.102. The van der Waals surface area contributed by atoms with Crippen molar-refractivity contribution in [3.05, 3.63) is 71.5 Å². The third-order valence-corrected chi connectivity index (χ3v) is 4.46. The van der Waals surface area contributed by atoms with Crippen molar-refractivity contribution < 1.29 is 19.4 Å². The van der Waals surface area contributed by atoms with Crippen LogP contribution in [0.15, 0.2) is 54.6 Å². The number of aryl methyl sites for hydroxylation is 1. The average Bonchev–Trinajstić information content (AvgIpc) is 2.74. The normalized spacial score (nSPS) is 10.3. The van der Waals surface area contributed by atoms with E-state index >= 15 is 0 Å². The predicted molar refractivity (Wildman–Crippen MR) is 123 cm³/mol. The summed E-state index contributed by atoms with van der Waals surface area (Å²) in [6, 6.07) is 15.8. The maximum absolute atomic E-state index is 12.7. The van der Waals surface area contributed by atoms with Gasteiger partial charge in [-0.2, -0.15) is 0 Å². The van der Waals surface area contributed by atoms with Crippen molar-refractivity contribution in [3.63, 3.8) is 0 Å². The minimum absolute atomic E-state index is 0.240. The number of ether oxygens (including phenoxy) is 1. The molecule has 0 saturated heterocycles. The Hall–Kier alpha value is -4.14. The summed E-state index contributed by atoms with van der Waals surface area (Å²) in [7, 11) is 3.69. The van der Waals surface area contributed by atoms with Gasteiger partial charge in [-0.3, -0.25) is 10.1 Å². The number of benzene rings is 1. The Kier molecular flexibility index (Phi) is 7.22. The molecule has 0 spiro atoms. The highest BCUT2D eigenvalue weighted by Gasteiger charge is 2.15. The van der Waals surface area contributed by atoms with E-state index in [0.717, 1.165) is 5.69 Å². The van der Waals surface area contributed by atoms with E-state index in [1.165, 1.54) is 0 Å². The van der Waals surface area contributed by atoms with Crippen LogP contribution in [0.5, 0.6) is 5.75 Å². The minimum atomic E-state index is -1.16. The monoisotopic (exact) mass is 435 g/mol. The van der Waals surface area contributed by atoms with Crippen LogP contribution >= 0.6 is 0 Å². The Bertz CT molecular complexity index is 1100. The summed E-state index contributed by atoms with van der Waals surface area (Å²) in [4.78, 5) is 33.9. The van der Waals surface area contributed by atoms with E-state index in [1.807, 2.05) is 21.0 Å². The molecule has 0 aliphatic rings. The molecule has 32 heavy (non-hydrogen) atoms. The van der Waals surface area contributed by atoms with Crippen LogP contribution in [0.4, 0.5) is 22.1 Å². The quantitative estimate of drug-likeness (QED) is 0.492.